The topological polar surface area (TPSA) is 42.4 Å². The van der Waals surface area contributed by atoms with Crippen molar-refractivity contribution >= 4 is 19.4 Å². The molecule has 0 unspecified atom stereocenters. The van der Waals surface area contributed by atoms with Crippen LogP contribution in [-0.2, 0) is 0 Å². The predicted octanol–water partition coefficient (Wildman–Crippen LogP) is 5.44. The Morgan fingerprint density at radius 3 is 2.25 bits per heavy atom. The van der Waals surface area contributed by atoms with Crippen molar-refractivity contribution in [2.45, 2.75) is 52.8 Å². The number of carbonyl (C=O) groups excluding carboxylic acids is 1. The Bertz CT molecular complexity index is 782. The first kappa shape index (κ1) is 22.1. The van der Waals surface area contributed by atoms with Crippen molar-refractivity contribution in [1.29, 1.82) is 0 Å². The van der Waals surface area contributed by atoms with Gasteiger partial charge in [0.05, 0.1) is 8.07 Å². The fourth-order valence-electron chi connectivity index (χ4n) is 3.79. The highest BCUT2D eigenvalue weighted by atomic mass is 28.3. The molecule has 0 aliphatic rings. The summed E-state index contributed by atoms with van der Waals surface area (Å²) < 4.78 is 20.7. The smallest absolute Gasteiger partial charge is 0.410 e. The van der Waals surface area contributed by atoms with Crippen molar-refractivity contribution in [1.82, 2.24) is 9.88 Å². The Labute approximate surface area is 168 Å². The Morgan fingerprint density at radius 2 is 1.75 bits per heavy atom. The Balaban J connectivity index is 2.74. The van der Waals surface area contributed by atoms with E-state index in [1.54, 1.807) is 29.4 Å². The van der Waals surface area contributed by atoms with Crippen LogP contribution in [0.25, 0.3) is 11.1 Å². The second kappa shape index (κ2) is 9.82. The van der Waals surface area contributed by atoms with Crippen LogP contribution in [0.4, 0.5) is 9.18 Å². The number of halogens is 1. The summed E-state index contributed by atoms with van der Waals surface area (Å²) >= 11 is 0. The zero-order chi connectivity index (χ0) is 20.7. The van der Waals surface area contributed by atoms with Gasteiger partial charge in [0.2, 0.25) is 0 Å². The lowest BCUT2D eigenvalue weighted by atomic mass is 10.1. The summed E-state index contributed by atoms with van der Waals surface area (Å²) in [5.41, 5.74) is 1.34. The zero-order valence-corrected chi connectivity index (χ0v) is 18.6. The van der Waals surface area contributed by atoms with Crippen LogP contribution in [0.5, 0.6) is 5.75 Å². The molecule has 0 atom stereocenters. The van der Waals surface area contributed by atoms with Gasteiger partial charge < -0.3 is 9.64 Å². The number of carbonyl (C=O) groups is 1. The number of benzene rings is 1. The molecule has 28 heavy (non-hydrogen) atoms. The molecule has 6 heteroatoms. The van der Waals surface area contributed by atoms with E-state index >= 15 is 0 Å². The molecule has 1 aromatic carbocycles. The van der Waals surface area contributed by atoms with E-state index in [1.807, 2.05) is 19.9 Å². The maximum atomic E-state index is 14.7. The summed E-state index contributed by atoms with van der Waals surface area (Å²) in [5.74, 6) is 0.201. The van der Waals surface area contributed by atoms with Crippen LogP contribution in [0.2, 0.25) is 18.1 Å². The van der Waals surface area contributed by atoms with E-state index < -0.39 is 14.2 Å². The van der Waals surface area contributed by atoms with Crippen LogP contribution in [-0.4, -0.2) is 37.1 Å². The van der Waals surface area contributed by atoms with E-state index in [-0.39, 0.29) is 5.82 Å². The van der Waals surface area contributed by atoms with Crippen LogP contribution in [0.3, 0.4) is 0 Å². The van der Waals surface area contributed by atoms with Crippen molar-refractivity contribution in [2.75, 3.05) is 13.1 Å². The molecular formula is C22H31FN2O2Si. The van der Waals surface area contributed by atoms with E-state index in [4.69, 9.17) is 4.74 Å². The quantitative estimate of drug-likeness (QED) is 0.552. The molecule has 0 N–H and O–H groups in total. The number of rotatable bonds is 8. The zero-order valence-electron chi connectivity index (χ0n) is 17.6. The third-order valence-corrected chi connectivity index (χ3v) is 11.4. The maximum absolute atomic E-state index is 14.7. The first-order chi connectivity index (χ1) is 13.5. The highest BCUT2D eigenvalue weighted by Gasteiger charge is 2.35. The lowest BCUT2D eigenvalue weighted by molar-refractivity contribution is 0.158. The van der Waals surface area contributed by atoms with Crippen LogP contribution >= 0.6 is 0 Å². The van der Waals surface area contributed by atoms with Crippen LogP contribution in [0.1, 0.15) is 34.6 Å². The van der Waals surface area contributed by atoms with Crippen molar-refractivity contribution in [3.05, 3.63) is 42.5 Å². The first-order valence-electron chi connectivity index (χ1n) is 10.2. The number of pyridine rings is 1. The Kier molecular flexibility index (Phi) is 7.75. The third kappa shape index (κ3) is 4.43. The number of ether oxygens (including phenoxy) is 1. The number of nitrogens with zero attached hydrogens (tertiary/aromatic N) is 2. The molecule has 1 amide bonds. The SMILES string of the molecule is CCN(CC)C(=O)Oc1c(-c2cccnc2)cc(F)cc1[Si](CC)(CC)CC. The van der Waals surface area contributed by atoms with E-state index in [2.05, 4.69) is 25.8 Å². The molecule has 2 rings (SSSR count). The van der Waals surface area contributed by atoms with Crippen molar-refractivity contribution in [3.8, 4) is 16.9 Å². The van der Waals surface area contributed by atoms with Gasteiger partial charge in [0, 0.05) is 36.6 Å². The molecule has 0 fully saturated rings. The normalized spacial score (nSPS) is 11.4. The second-order valence-corrected chi connectivity index (χ2v) is 12.2. The highest BCUT2D eigenvalue weighted by Crippen LogP contribution is 2.34. The summed E-state index contributed by atoms with van der Waals surface area (Å²) in [4.78, 5) is 18.6. The van der Waals surface area contributed by atoms with Gasteiger partial charge in [-0.25, -0.2) is 9.18 Å². The van der Waals surface area contributed by atoms with E-state index in [0.29, 0.717) is 24.4 Å². The standard InChI is InChI=1S/C22H31FN2O2Si/c1-6-25(7-2)22(26)27-21-19(17-12-11-13-24-16-17)14-18(23)15-20(21)28(8-3,9-4)10-5/h11-16H,6-10H2,1-5H3. The minimum Gasteiger partial charge on any atom is -0.410 e. The van der Waals surface area contributed by atoms with Crippen LogP contribution < -0.4 is 9.92 Å². The summed E-state index contributed by atoms with van der Waals surface area (Å²) in [7, 11) is -2.01. The van der Waals surface area contributed by atoms with Gasteiger partial charge in [-0.1, -0.05) is 45.0 Å². The van der Waals surface area contributed by atoms with E-state index in [0.717, 1.165) is 28.9 Å². The van der Waals surface area contributed by atoms with Crippen molar-refractivity contribution in [2.24, 2.45) is 0 Å². The minimum atomic E-state index is -2.01. The van der Waals surface area contributed by atoms with Gasteiger partial charge in [-0.3, -0.25) is 4.98 Å². The van der Waals surface area contributed by atoms with Crippen LogP contribution in [0, 0.1) is 5.82 Å². The maximum Gasteiger partial charge on any atom is 0.415 e. The average Bonchev–Trinajstić information content (AvgIpc) is 2.72. The molecule has 0 saturated heterocycles. The van der Waals surface area contributed by atoms with Gasteiger partial charge in [0.1, 0.15) is 11.6 Å². The van der Waals surface area contributed by atoms with E-state index in [1.165, 1.54) is 6.07 Å². The van der Waals surface area contributed by atoms with Gasteiger partial charge >= 0.3 is 6.09 Å². The van der Waals surface area contributed by atoms with Crippen molar-refractivity contribution in [3.63, 3.8) is 0 Å². The lowest BCUT2D eigenvalue weighted by Gasteiger charge is -2.32. The molecule has 0 spiro atoms. The van der Waals surface area contributed by atoms with Gasteiger partial charge in [-0.2, -0.15) is 0 Å². The van der Waals surface area contributed by atoms with E-state index in [9.17, 15) is 9.18 Å². The summed E-state index contributed by atoms with van der Waals surface area (Å²) in [5, 5.41) is 0.888. The lowest BCUT2D eigenvalue weighted by Crippen LogP contribution is -2.47. The molecule has 1 aromatic heterocycles. The number of hydrogen-bond donors (Lipinski definition) is 0. The summed E-state index contributed by atoms with van der Waals surface area (Å²) in [6, 6.07) is 9.61. The fourth-order valence-corrected chi connectivity index (χ4v) is 7.54. The molecule has 2 aromatic rings. The van der Waals surface area contributed by atoms with Gasteiger partial charge in [0.25, 0.3) is 0 Å². The van der Waals surface area contributed by atoms with Gasteiger partial charge in [0.15, 0.2) is 0 Å². The second-order valence-electron chi connectivity index (χ2n) is 6.95. The molecule has 0 saturated carbocycles. The molecule has 1 heterocycles. The minimum absolute atomic E-state index is 0.302. The summed E-state index contributed by atoms with van der Waals surface area (Å²) in [6.45, 7) is 11.4. The summed E-state index contributed by atoms with van der Waals surface area (Å²) in [6.07, 6.45) is 2.96. The number of aromatic nitrogens is 1. The largest absolute Gasteiger partial charge is 0.415 e. The monoisotopic (exact) mass is 402 g/mol. The Morgan fingerprint density at radius 1 is 1.11 bits per heavy atom. The third-order valence-electron chi connectivity index (χ3n) is 5.84. The van der Waals surface area contributed by atoms with Gasteiger partial charge in [-0.15, -0.1) is 0 Å². The number of amides is 1. The van der Waals surface area contributed by atoms with Crippen molar-refractivity contribution < 1.29 is 13.9 Å². The molecule has 0 bridgehead atoms. The number of hydrogen-bond acceptors (Lipinski definition) is 3. The molecule has 0 aliphatic carbocycles. The highest BCUT2D eigenvalue weighted by molar-refractivity contribution is 6.92. The van der Waals surface area contributed by atoms with Crippen LogP contribution in [0.15, 0.2) is 36.7 Å². The molecule has 0 aliphatic heterocycles. The fraction of sp³-hybridized carbons (Fsp3) is 0.455. The predicted molar refractivity (Wildman–Crippen MR) is 115 cm³/mol. The first-order valence-corrected chi connectivity index (χ1v) is 12.8. The Hall–Kier alpha value is -2.21. The molecular weight excluding hydrogens is 371 g/mol. The molecule has 152 valence electrons. The van der Waals surface area contributed by atoms with Gasteiger partial charge in [-0.05, 0) is 37.2 Å². The average molecular weight is 403 g/mol. The molecule has 0 radical (unpaired) electrons. The molecule has 4 nitrogen and oxygen atoms in total.